The zero-order chi connectivity index (χ0) is 13.0. The van der Waals surface area contributed by atoms with Crippen LogP contribution in [0.2, 0.25) is 0 Å². The number of nitrogens with two attached hydrogens (primary N) is 1. The van der Waals surface area contributed by atoms with Gasteiger partial charge in [-0.05, 0) is 22.7 Å². The standard InChI is InChI=1S/C14H12ClN3/c15-14(17)18-13(16)12-8-6-11(7-9-12)10-4-2-1-3-5-10/h1-9H,(H3,16,17,18). The van der Waals surface area contributed by atoms with Crippen LogP contribution >= 0.6 is 11.6 Å². The van der Waals surface area contributed by atoms with E-state index in [0.717, 1.165) is 16.7 Å². The van der Waals surface area contributed by atoms with E-state index in [1.807, 2.05) is 54.6 Å². The van der Waals surface area contributed by atoms with Gasteiger partial charge in [-0.25, -0.2) is 4.99 Å². The van der Waals surface area contributed by atoms with Gasteiger partial charge in [-0.3, -0.25) is 5.41 Å². The molecule has 0 aliphatic heterocycles. The molecular formula is C14H12ClN3. The van der Waals surface area contributed by atoms with Crippen LogP contribution in [-0.2, 0) is 0 Å². The summed E-state index contributed by atoms with van der Waals surface area (Å²) >= 11 is 5.37. The lowest BCUT2D eigenvalue weighted by Gasteiger charge is -2.03. The molecule has 2 aromatic rings. The van der Waals surface area contributed by atoms with Crippen LogP contribution in [0.3, 0.4) is 0 Å². The quantitative estimate of drug-likeness (QED) is 0.484. The van der Waals surface area contributed by atoms with Gasteiger partial charge in [0.1, 0.15) is 5.84 Å². The summed E-state index contributed by atoms with van der Waals surface area (Å²) in [5.41, 5.74) is 8.71. The fourth-order valence-corrected chi connectivity index (χ4v) is 1.73. The smallest absolute Gasteiger partial charge is 0.216 e. The molecule has 3 N–H and O–H groups in total. The Labute approximate surface area is 110 Å². The maximum Gasteiger partial charge on any atom is 0.216 e. The first-order valence-electron chi connectivity index (χ1n) is 5.41. The third-order valence-electron chi connectivity index (χ3n) is 2.51. The fourth-order valence-electron chi connectivity index (χ4n) is 1.63. The monoisotopic (exact) mass is 257 g/mol. The number of benzene rings is 2. The third-order valence-corrected chi connectivity index (χ3v) is 2.59. The zero-order valence-electron chi connectivity index (χ0n) is 9.60. The first kappa shape index (κ1) is 12.3. The molecule has 0 atom stereocenters. The Hall–Kier alpha value is -2.13. The normalized spacial score (nSPS) is 11.3. The van der Waals surface area contributed by atoms with E-state index >= 15 is 0 Å². The van der Waals surface area contributed by atoms with Gasteiger partial charge >= 0.3 is 0 Å². The summed E-state index contributed by atoms with van der Waals surface area (Å²) in [6.45, 7) is 0. The molecule has 0 aliphatic carbocycles. The predicted octanol–water partition coefficient (Wildman–Crippen LogP) is 3.23. The SMILES string of the molecule is N=C(Cl)/N=C(\N)c1ccc(-c2ccccc2)cc1. The van der Waals surface area contributed by atoms with E-state index in [0.29, 0.717) is 0 Å². The lowest BCUT2D eigenvalue weighted by atomic mass is 10.0. The highest BCUT2D eigenvalue weighted by Gasteiger charge is 2.01. The largest absolute Gasteiger partial charge is 0.383 e. The highest BCUT2D eigenvalue weighted by molar-refractivity contribution is 6.64. The average molecular weight is 258 g/mol. The maximum absolute atomic E-state index is 7.05. The van der Waals surface area contributed by atoms with E-state index < -0.39 is 0 Å². The van der Waals surface area contributed by atoms with Crippen LogP contribution in [0.5, 0.6) is 0 Å². The summed E-state index contributed by atoms with van der Waals surface area (Å²) < 4.78 is 0. The molecule has 0 unspecified atom stereocenters. The number of nitrogens with zero attached hydrogens (tertiary/aromatic N) is 1. The van der Waals surface area contributed by atoms with E-state index in [4.69, 9.17) is 22.7 Å². The van der Waals surface area contributed by atoms with Crippen molar-refractivity contribution in [2.75, 3.05) is 0 Å². The molecule has 2 rings (SSSR count). The van der Waals surface area contributed by atoms with E-state index in [1.165, 1.54) is 0 Å². The Kier molecular flexibility index (Phi) is 3.75. The summed E-state index contributed by atoms with van der Waals surface area (Å²) in [7, 11) is 0. The van der Waals surface area contributed by atoms with E-state index in [2.05, 4.69) is 4.99 Å². The number of nitrogens with one attached hydrogen (secondary N) is 1. The van der Waals surface area contributed by atoms with Crippen molar-refractivity contribution in [3.8, 4) is 11.1 Å². The molecule has 0 fully saturated rings. The number of aliphatic imine (C=N–C) groups is 1. The lowest BCUT2D eigenvalue weighted by molar-refractivity contribution is 1.46. The van der Waals surface area contributed by atoms with Crippen LogP contribution in [0.1, 0.15) is 5.56 Å². The van der Waals surface area contributed by atoms with Gasteiger partial charge in [0.05, 0.1) is 0 Å². The Morgan fingerprint density at radius 2 is 1.50 bits per heavy atom. The van der Waals surface area contributed by atoms with Gasteiger partial charge in [0.2, 0.25) is 5.29 Å². The summed E-state index contributed by atoms with van der Waals surface area (Å²) in [6, 6.07) is 17.7. The predicted molar refractivity (Wildman–Crippen MR) is 76.2 cm³/mol. The molecule has 3 nitrogen and oxygen atoms in total. The Bertz CT molecular complexity index is 574. The summed E-state index contributed by atoms with van der Waals surface area (Å²) in [5.74, 6) is 0.245. The molecule has 0 amide bonds. The molecule has 90 valence electrons. The molecule has 4 heteroatoms. The molecule has 0 saturated heterocycles. The first-order valence-corrected chi connectivity index (χ1v) is 5.78. The lowest BCUT2D eigenvalue weighted by Crippen LogP contribution is -2.14. The van der Waals surface area contributed by atoms with Gasteiger partial charge in [0, 0.05) is 5.56 Å². The Balaban J connectivity index is 2.29. The minimum Gasteiger partial charge on any atom is -0.383 e. The van der Waals surface area contributed by atoms with Crippen LogP contribution in [0, 0.1) is 5.41 Å². The summed E-state index contributed by atoms with van der Waals surface area (Å²) in [4.78, 5) is 3.69. The van der Waals surface area contributed by atoms with Crippen LogP contribution in [-0.4, -0.2) is 11.1 Å². The van der Waals surface area contributed by atoms with Crippen molar-refractivity contribution >= 4 is 22.7 Å². The molecule has 0 heterocycles. The van der Waals surface area contributed by atoms with Gasteiger partial charge in [-0.15, -0.1) is 0 Å². The molecule has 0 radical (unpaired) electrons. The average Bonchev–Trinajstić information content (AvgIpc) is 2.39. The van der Waals surface area contributed by atoms with Crippen molar-refractivity contribution in [3.63, 3.8) is 0 Å². The topological polar surface area (TPSA) is 62.2 Å². The van der Waals surface area contributed by atoms with Gasteiger partial charge < -0.3 is 5.73 Å². The second-order valence-corrected chi connectivity index (χ2v) is 4.09. The van der Waals surface area contributed by atoms with Gasteiger partial charge in [0.25, 0.3) is 0 Å². The van der Waals surface area contributed by atoms with Crippen molar-refractivity contribution in [1.29, 1.82) is 5.41 Å². The molecule has 0 aliphatic rings. The molecule has 0 aromatic heterocycles. The highest BCUT2D eigenvalue weighted by atomic mass is 35.5. The molecule has 18 heavy (non-hydrogen) atoms. The molecular weight excluding hydrogens is 246 g/mol. The van der Waals surface area contributed by atoms with Crippen LogP contribution in [0.25, 0.3) is 11.1 Å². The van der Waals surface area contributed by atoms with Crippen molar-refractivity contribution in [2.45, 2.75) is 0 Å². The highest BCUT2D eigenvalue weighted by Crippen LogP contribution is 2.19. The van der Waals surface area contributed by atoms with E-state index in [-0.39, 0.29) is 11.1 Å². The molecule has 0 bridgehead atoms. The maximum atomic E-state index is 7.05. The number of hydrogen-bond acceptors (Lipinski definition) is 1. The number of rotatable bonds is 2. The number of halogens is 1. The Morgan fingerprint density at radius 1 is 0.944 bits per heavy atom. The first-order chi connectivity index (χ1) is 8.66. The van der Waals surface area contributed by atoms with Crippen molar-refractivity contribution in [3.05, 3.63) is 60.2 Å². The molecule has 0 saturated carbocycles. The van der Waals surface area contributed by atoms with Gasteiger partial charge in [-0.1, -0.05) is 54.6 Å². The zero-order valence-corrected chi connectivity index (χ0v) is 10.4. The minimum absolute atomic E-state index is 0.245. The van der Waals surface area contributed by atoms with Crippen LogP contribution in [0.4, 0.5) is 0 Å². The second kappa shape index (κ2) is 5.47. The second-order valence-electron chi connectivity index (χ2n) is 3.73. The van der Waals surface area contributed by atoms with Crippen molar-refractivity contribution < 1.29 is 0 Å². The number of hydrogen-bond donors (Lipinski definition) is 2. The molecule has 0 spiro atoms. The van der Waals surface area contributed by atoms with Gasteiger partial charge in [-0.2, -0.15) is 0 Å². The van der Waals surface area contributed by atoms with Gasteiger partial charge in [0.15, 0.2) is 0 Å². The van der Waals surface area contributed by atoms with Crippen LogP contribution in [0.15, 0.2) is 59.6 Å². The number of amidine groups is 2. The summed E-state index contributed by atoms with van der Waals surface area (Å²) in [5, 5.41) is 6.73. The fraction of sp³-hybridized carbons (Fsp3) is 0. The van der Waals surface area contributed by atoms with Crippen LogP contribution < -0.4 is 5.73 Å². The van der Waals surface area contributed by atoms with Crippen molar-refractivity contribution in [2.24, 2.45) is 10.7 Å². The Morgan fingerprint density at radius 3 is 2.06 bits per heavy atom. The summed E-state index contributed by atoms with van der Waals surface area (Å²) in [6.07, 6.45) is 0. The van der Waals surface area contributed by atoms with E-state index in [1.54, 1.807) is 0 Å². The van der Waals surface area contributed by atoms with Crippen molar-refractivity contribution in [1.82, 2.24) is 0 Å². The minimum atomic E-state index is -0.320. The molecule has 2 aromatic carbocycles. The third kappa shape index (κ3) is 2.96. The van der Waals surface area contributed by atoms with E-state index in [9.17, 15) is 0 Å².